The molecule has 0 unspecified atom stereocenters. The summed E-state index contributed by atoms with van der Waals surface area (Å²) in [5, 5.41) is 0. The monoisotopic (exact) mass is 656 g/mol. The van der Waals surface area contributed by atoms with E-state index in [-0.39, 0.29) is 19.5 Å². The second-order valence-electron chi connectivity index (χ2n) is 12.2. The van der Waals surface area contributed by atoms with E-state index in [0.717, 1.165) is 83.8 Å². The molecule has 2 aliphatic rings. The molecule has 8 bridgehead atoms. The van der Waals surface area contributed by atoms with Gasteiger partial charge in [-0.2, -0.15) is 0 Å². The Morgan fingerprint density at radius 2 is 0.660 bits per heavy atom. The van der Waals surface area contributed by atoms with Gasteiger partial charge in [-0.15, -0.1) is 22.1 Å². The van der Waals surface area contributed by atoms with Gasteiger partial charge in [0.05, 0.1) is 22.8 Å². The Balaban J connectivity index is 0.00000351. The summed E-state index contributed by atoms with van der Waals surface area (Å²) < 4.78 is 0. The maximum Gasteiger partial charge on any atom is 2.00 e. The number of hydrogen-bond acceptors (Lipinski definition) is 2. The zero-order chi connectivity index (χ0) is 31.4. The molecule has 0 radical (unpaired) electrons. The molecule has 0 atom stereocenters. The maximum absolute atomic E-state index is 5.30. The van der Waals surface area contributed by atoms with E-state index in [9.17, 15) is 0 Å². The summed E-state index contributed by atoms with van der Waals surface area (Å²) in [6.45, 7) is 8.42. The molecule has 3 aromatic heterocycles. The van der Waals surface area contributed by atoms with Crippen LogP contribution in [-0.4, -0.2) is 9.97 Å². The van der Waals surface area contributed by atoms with E-state index < -0.39 is 0 Å². The molecule has 0 fully saturated rings. The van der Waals surface area contributed by atoms with E-state index in [0.29, 0.717) is 0 Å². The number of aryl methyl sites for hydroxylation is 4. The summed E-state index contributed by atoms with van der Waals surface area (Å²) in [7, 11) is 0. The molecule has 4 nitrogen and oxygen atoms in total. The number of nitrogens with zero attached hydrogens (tertiary/aromatic N) is 4. The van der Waals surface area contributed by atoms with Crippen LogP contribution in [0, 0.1) is 27.7 Å². The molecule has 0 saturated heterocycles. The minimum absolute atomic E-state index is 0. The molecular weight excluding hydrogens is 626 g/mol. The van der Waals surface area contributed by atoms with Crippen LogP contribution in [0.3, 0.4) is 0 Å². The average molecular weight is 658 g/mol. The molecule has 8 rings (SSSR count). The van der Waals surface area contributed by atoms with Crippen LogP contribution >= 0.6 is 0 Å². The van der Waals surface area contributed by atoms with Crippen molar-refractivity contribution >= 4 is 46.4 Å². The van der Waals surface area contributed by atoms with Crippen molar-refractivity contribution in [3.63, 3.8) is 0 Å². The van der Waals surface area contributed by atoms with Crippen LogP contribution < -0.4 is 9.97 Å². The Morgan fingerprint density at radius 1 is 0.362 bits per heavy atom. The maximum atomic E-state index is 5.30. The van der Waals surface area contributed by atoms with Crippen molar-refractivity contribution in [3.05, 3.63) is 142 Å². The smallest absolute Gasteiger partial charge is 0.657 e. The third-order valence-electron chi connectivity index (χ3n) is 8.89. The van der Waals surface area contributed by atoms with E-state index in [1.165, 1.54) is 16.7 Å². The Hall–Kier alpha value is -5.12. The molecule has 0 saturated carbocycles. The van der Waals surface area contributed by atoms with Crippen LogP contribution in [0.5, 0.6) is 0 Å². The SMILES string of the molecule is Cc1ccc(-c2c3nc(c(-c4ccc(C)cc4)c4ccc([n-]4)c(-c4ccc(C)cc4)c4nc(c(C)c5ccc2[n-]5)C=C4)C=C3)cc1.[Zn+2]. The van der Waals surface area contributed by atoms with Gasteiger partial charge in [-0.3, -0.25) is 0 Å². The predicted molar refractivity (Wildman–Crippen MR) is 192 cm³/mol. The molecular formula is C42H32N4Zn. The van der Waals surface area contributed by atoms with Gasteiger partial charge in [0, 0.05) is 0 Å². The second kappa shape index (κ2) is 12.2. The van der Waals surface area contributed by atoms with Gasteiger partial charge in [0.1, 0.15) is 0 Å². The Bertz CT molecular complexity index is 2330. The van der Waals surface area contributed by atoms with Gasteiger partial charge in [-0.25, -0.2) is 9.97 Å². The molecule has 2 aliphatic heterocycles. The second-order valence-corrected chi connectivity index (χ2v) is 12.2. The largest absolute Gasteiger partial charge is 2.00 e. The first-order valence-corrected chi connectivity index (χ1v) is 15.6. The number of hydrogen-bond donors (Lipinski definition) is 0. The Morgan fingerprint density at radius 3 is 1.04 bits per heavy atom. The van der Waals surface area contributed by atoms with E-state index >= 15 is 0 Å². The van der Waals surface area contributed by atoms with Gasteiger partial charge in [0.15, 0.2) is 0 Å². The molecule has 0 N–H and O–H groups in total. The predicted octanol–water partition coefficient (Wildman–Crippen LogP) is 10.1. The van der Waals surface area contributed by atoms with Crippen LogP contribution in [0.4, 0.5) is 0 Å². The fraction of sp³-hybridized carbons (Fsp3) is 0.0952. The molecule has 222 valence electrons. The first kappa shape index (κ1) is 30.5. The molecule has 6 aromatic rings. The van der Waals surface area contributed by atoms with Gasteiger partial charge in [0.2, 0.25) is 0 Å². The van der Waals surface area contributed by atoms with Gasteiger partial charge < -0.3 is 9.97 Å². The normalized spacial score (nSPS) is 11.9. The number of aromatic nitrogens is 4. The summed E-state index contributed by atoms with van der Waals surface area (Å²) in [6.07, 6.45) is 8.42. The zero-order valence-electron chi connectivity index (χ0n) is 27.0. The van der Waals surface area contributed by atoms with Crippen LogP contribution in [-0.2, 0) is 19.5 Å². The fourth-order valence-corrected chi connectivity index (χ4v) is 6.27. The standard InChI is InChI=1S/C42H32N4.Zn/c1-25-5-11-29(12-6-25)40-34-19-17-32(43-34)28(4)33-18-20-35(44-33)41(30-13-7-26(2)8-14-30)37-22-24-39(46-37)42(38-23-21-36(40)45-38)31-15-9-27(3)10-16-31;/h5-24H,1-4H3;/q-2;+2. The number of fused-ring (bicyclic) bond motifs is 8. The number of rotatable bonds is 3. The summed E-state index contributed by atoms with van der Waals surface area (Å²) in [4.78, 5) is 21.0. The summed E-state index contributed by atoms with van der Waals surface area (Å²) in [5.41, 5.74) is 18.0. The van der Waals surface area contributed by atoms with E-state index in [1.807, 2.05) is 0 Å². The van der Waals surface area contributed by atoms with Gasteiger partial charge >= 0.3 is 19.5 Å². The van der Waals surface area contributed by atoms with Crippen LogP contribution in [0.2, 0.25) is 0 Å². The van der Waals surface area contributed by atoms with Crippen molar-refractivity contribution in [1.29, 1.82) is 0 Å². The van der Waals surface area contributed by atoms with Crippen LogP contribution in [0.25, 0.3) is 79.8 Å². The minimum Gasteiger partial charge on any atom is -0.657 e. The van der Waals surface area contributed by atoms with Crippen molar-refractivity contribution in [1.82, 2.24) is 19.9 Å². The fourth-order valence-electron chi connectivity index (χ4n) is 6.27. The van der Waals surface area contributed by atoms with Crippen LogP contribution in [0.15, 0.2) is 97.1 Å². The van der Waals surface area contributed by atoms with Gasteiger partial charge in [0.25, 0.3) is 0 Å². The summed E-state index contributed by atoms with van der Waals surface area (Å²) in [5.74, 6) is 0. The molecule has 47 heavy (non-hydrogen) atoms. The summed E-state index contributed by atoms with van der Waals surface area (Å²) >= 11 is 0. The van der Waals surface area contributed by atoms with Crippen molar-refractivity contribution in [2.75, 3.05) is 0 Å². The quantitative estimate of drug-likeness (QED) is 0.177. The Labute approximate surface area is 287 Å². The minimum atomic E-state index is 0. The first-order valence-electron chi connectivity index (χ1n) is 15.6. The molecule has 0 amide bonds. The third kappa shape index (κ3) is 5.62. The molecule has 3 aromatic carbocycles. The molecule has 5 heterocycles. The Kier molecular flexibility index (Phi) is 7.95. The number of benzene rings is 3. The molecule has 5 heteroatoms. The topological polar surface area (TPSA) is 54.0 Å². The first-order chi connectivity index (χ1) is 22.4. The van der Waals surface area contributed by atoms with E-state index in [4.69, 9.17) is 19.9 Å². The van der Waals surface area contributed by atoms with E-state index in [2.05, 4.69) is 149 Å². The van der Waals surface area contributed by atoms with Crippen molar-refractivity contribution in [2.45, 2.75) is 27.7 Å². The molecule has 0 spiro atoms. The van der Waals surface area contributed by atoms with Crippen molar-refractivity contribution in [3.8, 4) is 33.4 Å². The molecule has 0 aliphatic carbocycles. The van der Waals surface area contributed by atoms with Crippen molar-refractivity contribution < 1.29 is 19.5 Å². The summed E-state index contributed by atoms with van der Waals surface area (Å²) in [6, 6.07) is 34.2. The zero-order valence-corrected chi connectivity index (χ0v) is 30.0. The van der Waals surface area contributed by atoms with Gasteiger partial charge in [-0.1, -0.05) is 114 Å². The van der Waals surface area contributed by atoms with Crippen LogP contribution in [0.1, 0.15) is 45.0 Å². The average Bonchev–Trinajstić information content (AvgIpc) is 3.89. The van der Waals surface area contributed by atoms with E-state index in [1.54, 1.807) is 0 Å². The third-order valence-corrected chi connectivity index (χ3v) is 8.89. The van der Waals surface area contributed by atoms with Gasteiger partial charge in [-0.05, 0) is 90.9 Å². The van der Waals surface area contributed by atoms with Crippen molar-refractivity contribution in [2.24, 2.45) is 0 Å².